The number of carboxylic acid groups (broad SMARTS) is 1. The molecule has 7 heteroatoms. The minimum atomic E-state index is -0.867. The van der Waals surface area contributed by atoms with Gasteiger partial charge in [-0.2, -0.15) is 0 Å². The highest BCUT2D eigenvalue weighted by Gasteiger charge is 2.31. The number of nitrogens with zero attached hydrogens (tertiary/aromatic N) is 2. The highest BCUT2D eigenvalue weighted by molar-refractivity contribution is 5.94. The van der Waals surface area contributed by atoms with E-state index >= 15 is 0 Å². The number of carboxylic acids is 1. The maximum Gasteiger partial charge on any atom is 0.320 e. The van der Waals surface area contributed by atoms with Crippen molar-refractivity contribution in [2.75, 3.05) is 26.2 Å². The Labute approximate surface area is 153 Å². The molecule has 0 spiro atoms. The number of hydrogen-bond donors (Lipinski definition) is 2. The third kappa shape index (κ3) is 4.40. The van der Waals surface area contributed by atoms with E-state index in [1.807, 2.05) is 17.0 Å². The van der Waals surface area contributed by atoms with Gasteiger partial charge in [-0.15, -0.1) is 0 Å². The molecule has 2 N–H and O–H groups in total. The molecule has 3 rings (SSSR count). The number of benzene rings is 1. The van der Waals surface area contributed by atoms with Gasteiger partial charge in [-0.3, -0.25) is 19.3 Å². The van der Waals surface area contributed by atoms with E-state index in [0.29, 0.717) is 25.1 Å². The molecule has 2 amide bonds. The number of hydrogen-bond acceptors (Lipinski definition) is 4. The van der Waals surface area contributed by atoms with Gasteiger partial charge in [-0.1, -0.05) is 12.1 Å². The van der Waals surface area contributed by atoms with Crippen LogP contribution in [0.5, 0.6) is 0 Å². The van der Waals surface area contributed by atoms with Crippen molar-refractivity contribution < 1.29 is 19.5 Å². The summed E-state index contributed by atoms with van der Waals surface area (Å²) in [4.78, 5) is 39.1. The molecule has 2 aliphatic heterocycles. The van der Waals surface area contributed by atoms with Crippen LogP contribution in [-0.4, -0.2) is 64.9 Å². The number of rotatable bonds is 6. The Morgan fingerprint density at radius 1 is 1.04 bits per heavy atom. The second-order valence-corrected chi connectivity index (χ2v) is 6.94. The Kier molecular flexibility index (Phi) is 5.88. The molecule has 2 saturated heterocycles. The largest absolute Gasteiger partial charge is 0.480 e. The summed E-state index contributed by atoms with van der Waals surface area (Å²) in [7, 11) is 0. The van der Waals surface area contributed by atoms with Crippen molar-refractivity contribution in [2.24, 2.45) is 0 Å². The van der Waals surface area contributed by atoms with Gasteiger partial charge in [0.25, 0.3) is 5.91 Å². The second kappa shape index (κ2) is 8.31. The fraction of sp³-hybridized carbons (Fsp3) is 0.526. The predicted octanol–water partition coefficient (Wildman–Crippen LogP) is 1.09. The van der Waals surface area contributed by atoms with E-state index in [0.717, 1.165) is 37.9 Å². The van der Waals surface area contributed by atoms with Gasteiger partial charge in [-0.05, 0) is 49.9 Å². The van der Waals surface area contributed by atoms with Crippen LogP contribution in [0.1, 0.15) is 41.6 Å². The molecule has 1 aromatic carbocycles. The molecule has 0 saturated carbocycles. The van der Waals surface area contributed by atoms with Gasteiger partial charge in [0, 0.05) is 25.2 Å². The molecule has 1 atom stereocenters. The molecular formula is C19H25N3O4. The molecule has 2 heterocycles. The third-order valence-corrected chi connectivity index (χ3v) is 5.08. The lowest BCUT2D eigenvalue weighted by Gasteiger charge is -2.20. The van der Waals surface area contributed by atoms with Crippen LogP contribution >= 0.6 is 0 Å². The SMILES string of the molecule is O=C(CN1CCC[C@H]1C(=O)O)NCc1ccc(C(=O)N2CCCC2)cc1. The van der Waals surface area contributed by atoms with Crippen molar-refractivity contribution in [1.29, 1.82) is 0 Å². The summed E-state index contributed by atoms with van der Waals surface area (Å²) in [5.74, 6) is -0.990. The lowest BCUT2D eigenvalue weighted by Crippen LogP contribution is -2.42. The molecule has 140 valence electrons. The first kappa shape index (κ1) is 18.4. The first-order chi connectivity index (χ1) is 12.5. The van der Waals surface area contributed by atoms with Crippen molar-refractivity contribution in [3.63, 3.8) is 0 Å². The van der Waals surface area contributed by atoms with E-state index in [4.69, 9.17) is 5.11 Å². The summed E-state index contributed by atoms with van der Waals surface area (Å²) in [5, 5.41) is 12.0. The molecular weight excluding hydrogens is 334 g/mol. The van der Waals surface area contributed by atoms with Gasteiger partial charge in [0.05, 0.1) is 6.54 Å². The van der Waals surface area contributed by atoms with Crippen LogP contribution in [0.3, 0.4) is 0 Å². The quantitative estimate of drug-likeness (QED) is 0.793. The Bertz CT molecular complexity index is 668. The predicted molar refractivity (Wildman–Crippen MR) is 95.7 cm³/mol. The van der Waals surface area contributed by atoms with Gasteiger partial charge in [0.15, 0.2) is 0 Å². The number of aliphatic carboxylic acids is 1. The summed E-state index contributed by atoms with van der Waals surface area (Å²) in [6.07, 6.45) is 3.52. The fourth-order valence-corrected chi connectivity index (χ4v) is 3.60. The molecule has 7 nitrogen and oxygen atoms in total. The fourth-order valence-electron chi connectivity index (χ4n) is 3.60. The first-order valence-corrected chi connectivity index (χ1v) is 9.16. The topological polar surface area (TPSA) is 90.0 Å². The number of likely N-dealkylation sites (tertiary alicyclic amines) is 2. The standard InChI is InChI=1S/C19H25N3O4/c23-17(13-22-11-3-4-16(22)19(25)26)20-12-14-5-7-15(8-6-14)18(24)21-9-1-2-10-21/h5-8,16H,1-4,9-13H2,(H,20,23)(H,25,26)/t16-/m0/s1. The molecule has 1 aromatic rings. The number of carbonyl (C=O) groups is 3. The van der Waals surface area contributed by atoms with Gasteiger partial charge < -0.3 is 15.3 Å². The highest BCUT2D eigenvalue weighted by Crippen LogP contribution is 2.17. The van der Waals surface area contributed by atoms with Crippen LogP contribution in [-0.2, 0) is 16.1 Å². The molecule has 0 bridgehead atoms. The normalized spacial score (nSPS) is 20.3. The molecule has 0 aromatic heterocycles. The molecule has 0 unspecified atom stereocenters. The molecule has 26 heavy (non-hydrogen) atoms. The van der Waals surface area contributed by atoms with E-state index in [-0.39, 0.29) is 18.4 Å². The Morgan fingerprint density at radius 2 is 1.73 bits per heavy atom. The summed E-state index contributed by atoms with van der Waals surface area (Å²) < 4.78 is 0. The summed E-state index contributed by atoms with van der Waals surface area (Å²) in [6.45, 7) is 2.75. The van der Waals surface area contributed by atoms with E-state index in [1.54, 1.807) is 17.0 Å². The van der Waals surface area contributed by atoms with E-state index in [2.05, 4.69) is 5.32 Å². The lowest BCUT2D eigenvalue weighted by atomic mass is 10.1. The van der Waals surface area contributed by atoms with E-state index in [1.165, 1.54) is 0 Å². The molecule has 2 fully saturated rings. The smallest absolute Gasteiger partial charge is 0.320 e. The van der Waals surface area contributed by atoms with Crippen molar-refractivity contribution in [1.82, 2.24) is 15.1 Å². The van der Waals surface area contributed by atoms with Gasteiger partial charge in [0.1, 0.15) is 6.04 Å². The van der Waals surface area contributed by atoms with Crippen LogP contribution in [0.15, 0.2) is 24.3 Å². The molecule has 0 radical (unpaired) electrons. The van der Waals surface area contributed by atoms with Gasteiger partial charge in [0.2, 0.25) is 5.91 Å². The van der Waals surface area contributed by atoms with Crippen LogP contribution in [0.2, 0.25) is 0 Å². The van der Waals surface area contributed by atoms with Crippen LogP contribution in [0, 0.1) is 0 Å². The van der Waals surface area contributed by atoms with E-state index < -0.39 is 12.0 Å². The van der Waals surface area contributed by atoms with Gasteiger partial charge >= 0.3 is 5.97 Å². The molecule has 0 aliphatic carbocycles. The van der Waals surface area contributed by atoms with Crippen LogP contribution in [0.25, 0.3) is 0 Å². The highest BCUT2D eigenvalue weighted by atomic mass is 16.4. The minimum absolute atomic E-state index is 0.0619. The van der Waals surface area contributed by atoms with Crippen LogP contribution < -0.4 is 5.32 Å². The average molecular weight is 359 g/mol. The zero-order chi connectivity index (χ0) is 18.5. The molecule has 2 aliphatic rings. The number of carbonyl (C=O) groups excluding carboxylic acids is 2. The maximum absolute atomic E-state index is 12.3. The third-order valence-electron chi connectivity index (χ3n) is 5.08. The number of nitrogens with one attached hydrogen (secondary N) is 1. The van der Waals surface area contributed by atoms with Crippen molar-refractivity contribution in [3.05, 3.63) is 35.4 Å². The Hall–Kier alpha value is -2.41. The van der Waals surface area contributed by atoms with Crippen molar-refractivity contribution >= 4 is 17.8 Å². The Morgan fingerprint density at radius 3 is 2.38 bits per heavy atom. The van der Waals surface area contributed by atoms with Gasteiger partial charge in [-0.25, -0.2) is 0 Å². The van der Waals surface area contributed by atoms with Crippen molar-refractivity contribution in [3.8, 4) is 0 Å². The zero-order valence-electron chi connectivity index (χ0n) is 14.8. The van der Waals surface area contributed by atoms with E-state index in [9.17, 15) is 14.4 Å². The summed E-state index contributed by atoms with van der Waals surface area (Å²) >= 11 is 0. The maximum atomic E-state index is 12.3. The van der Waals surface area contributed by atoms with Crippen molar-refractivity contribution in [2.45, 2.75) is 38.3 Å². The monoisotopic (exact) mass is 359 g/mol. The Balaban J connectivity index is 1.47. The second-order valence-electron chi connectivity index (χ2n) is 6.94. The lowest BCUT2D eigenvalue weighted by molar-refractivity contribution is -0.142. The summed E-state index contributed by atoms with van der Waals surface area (Å²) in [5.41, 5.74) is 1.58. The van der Waals surface area contributed by atoms with Crippen LogP contribution in [0.4, 0.5) is 0 Å². The number of amides is 2. The zero-order valence-corrected chi connectivity index (χ0v) is 14.8. The minimum Gasteiger partial charge on any atom is -0.480 e. The first-order valence-electron chi connectivity index (χ1n) is 9.16. The average Bonchev–Trinajstić information content (AvgIpc) is 3.31. The summed E-state index contributed by atoms with van der Waals surface area (Å²) in [6, 6.07) is 6.72.